The molecule has 4 aromatic rings. The van der Waals surface area contributed by atoms with Gasteiger partial charge in [-0.2, -0.15) is 4.31 Å². The van der Waals surface area contributed by atoms with Gasteiger partial charge in [-0.15, -0.1) is 0 Å². The summed E-state index contributed by atoms with van der Waals surface area (Å²) >= 11 is 6.07. The minimum Gasteiger partial charge on any atom is -0.497 e. The molecule has 1 fully saturated rings. The van der Waals surface area contributed by atoms with Gasteiger partial charge in [-0.1, -0.05) is 41.4 Å². The fraction of sp³-hybridized carbons (Fsp3) is 0.267. The summed E-state index contributed by atoms with van der Waals surface area (Å²) in [4.78, 5) is 18.2. The molecule has 214 valence electrons. The number of ether oxygens (including phenoxy) is 2. The number of hydrogen-bond acceptors (Lipinski definition) is 6. The number of amides is 1. The van der Waals surface area contributed by atoms with Gasteiger partial charge in [0.05, 0.1) is 30.3 Å². The van der Waals surface area contributed by atoms with Crippen molar-refractivity contribution in [3.05, 3.63) is 89.6 Å². The lowest BCUT2D eigenvalue weighted by Gasteiger charge is -2.24. The molecule has 0 saturated carbocycles. The molecule has 3 aromatic carbocycles. The summed E-state index contributed by atoms with van der Waals surface area (Å²) in [5, 5.41) is 3.44. The van der Waals surface area contributed by atoms with Crippen molar-refractivity contribution in [1.82, 2.24) is 13.9 Å². The number of rotatable bonds is 10. The molecule has 1 aliphatic rings. The Morgan fingerprint density at radius 2 is 1.80 bits per heavy atom. The number of carbonyl (C=O) groups is 1. The zero-order valence-corrected chi connectivity index (χ0v) is 24.4. The van der Waals surface area contributed by atoms with Gasteiger partial charge in [-0.05, 0) is 68.3 Å². The second-order valence-corrected chi connectivity index (χ2v) is 12.2. The standard InChI is InChI=1S/C30H31ClN4O5S/c1-21-5-11-24(12-6-21)35-19-28(22-7-9-23(31)10-8-22)32-30(35)33-29(36)20-34(18-26-4-3-17-40-26)41(37,38)27-15-13-25(39-2)14-16-27/h5-16,19,26H,3-4,17-18,20H2,1-2H3,(H,32,33,36). The Kier molecular flexibility index (Phi) is 8.74. The average Bonchev–Trinajstić information content (AvgIpc) is 3.64. The Balaban J connectivity index is 1.44. The molecule has 0 aliphatic carbocycles. The molecule has 2 heterocycles. The number of nitrogens with zero attached hydrogens (tertiary/aromatic N) is 3. The van der Waals surface area contributed by atoms with Crippen LogP contribution >= 0.6 is 11.6 Å². The van der Waals surface area contributed by atoms with Gasteiger partial charge >= 0.3 is 0 Å². The molecular weight excluding hydrogens is 564 g/mol. The number of halogens is 1. The third-order valence-electron chi connectivity index (χ3n) is 6.86. The van der Waals surface area contributed by atoms with E-state index < -0.39 is 22.5 Å². The summed E-state index contributed by atoms with van der Waals surface area (Å²) in [6, 6.07) is 21.1. The maximum absolute atomic E-state index is 13.7. The molecular formula is C30H31ClN4O5S. The number of carbonyl (C=O) groups excluding carboxylic acids is 1. The number of anilines is 1. The smallest absolute Gasteiger partial charge is 0.243 e. The van der Waals surface area contributed by atoms with Gasteiger partial charge in [0.1, 0.15) is 5.75 Å². The molecule has 1 amide bonds. The van der Waals surface area contributed by atoms with Crippen LogP contribution in [0.25, 0.3) is 16.9 Å². The number of imidazole rings is 1. The Morgan fingerprint density at radius 3 is 2.44 bits per heavy atom. The van der Waals surface area contributed by atoms with Crippen molar-refractivity contribution in [2.24, 2.45) is 0 Å². The Morgan fingerprint density at radius 1 is 1.10 bits per heavy atom. The number of sulfonamides is 1. The second-order valence-electron chi connectivity index (χ2n) is 9.82. The van der Waals surface area contributed by atoms with Gasteiger partial charge in [0.25, 0.3) is 0 Å². The fourth-order valence-corrected chi connectivity index (χ4v) is 6.17. The summed E-state index contributed by atoms with van der Waals surface area (Å²) in [5.74, 6) is 0.274. The highest BCUT2D eigenvalue weighted by Gasteiger charge is 2.31. The molecule has 0 bridgehead atoms. The Bertz CT molecular complexity index is 1600. The minimum atomic E-state index is -4.01. The number of nitrogens with one attached hydrogen (secondary N) is 1. The lowest BCUT2D eigenvalue weighted by molar-refractivity contribution is -0.116. The summed E-state index contributed by atoms with van der Waals surface area (Å²) in [7, 11) is -2.50. The fourth-order valence-electron chi connectivity index (χ4n) is 4.61. The van der Waals surface area contributed by atoms with Gasteiger partial charge in [0.15, 0.2) is 0 Å². The molecule has 1 atom stereocenters. The third kappa shape index (κ3) is 6.79. The highest BCUT2D eigenvalue weighted by Crippen LogP contribution is 2.27. The van der Waals surface area contributed by atoms with E-state index in [-0.39, 0.29) is 23.5 Å². The minimum absolute atomic E-state index is 0.0597. The van der Waals surface area contributed by atoms with E-state index in [4.69, 9.17) is 21.1 Å². The zero-order valence-electron chi connectivity index (χ0n) is 22.8. The van der Waals surface area contributed by atoms with Gasteiger partial charge in [0.2, 0.25) is 21.9 Å². The van der Waals surface area contributed by atoms with Crippen LogP contribution in [0.15, 0.2) is 83.9 Å². The zero-order chi connectivity index (χ0) is 29.0. The molecule has 11 heteroatoms. The van der Waals surface area contributed by atoms with Crippen molar-refractivity contribution < 1.29 is 22.7 Å². The van der Waals surface area contributed by atoms with Gasteiger partial charge in [0, 0.05) is 35.6 Å². The Hall–Kier alpha value is -3.70. The average molecular weight is 595 g/mol. The number of hydrogen-bond donors (Lipinski definition) is 1. The van der Waals surface area contributed by atoms with Crippen LogP contribution in [0.2, 0.25) is 5.02 Å². The maximum atomic E-state index is 13.7. The van der Waals surface area contributed by atoms with Crippen LogP contribution < -0.4 is 10.1 Å². The summed E-state index contributed by atoms with van der Waals surface area (Å²) < 4.78 is 41.1. The molecule has 0 radical (unpaired) electrons. The third-order valence-corrected chi connectivity index (χ3v) is 8.94. The van der Waals surface area contributed by atoms with Crippen molar-refractivity contribution in [1.29, 1.82) is 0 Å². The van der Waals surface area contributed by atoms with Gasteiger partial charge in [-0.3, -0.25) is 14.7 Å². The van der Waals surface area contributed by atoms with Crippen molar-refractivity contribution in [3.63, 3.8) is 0 Å². The molecule has 41 heavy (non-hydrogen) atoms. The molecule has 5 rings (SSSR count). The number of methoxy groups -OCH3 is 1. The van der Waals surface area contributed by atoms with Crippen LogP contribution in [0.1, 0.15) is 18.4 Å². The normalized spacial score (nSPS) is 15.3. The molecule has 1 aromatic heterocycles. The molecule has 0 spiro atoms. The Labute approximate surface area is 244 Å². The number of aryl methyl sites for hydroxylation is 1. The lowest BCUT2D eigenvalue weighted by atomic mass is 10.2. The van der Waals surface area contributed by atoms with Crippen molar-refractivity contribution in [2.45, 2.75) is 30.8 Å². The van der Waals surface area contributed by atoms with Gasteiger partial charge < -0.3 is 9.47 Å². The molecule has 1 aliphatic heterocycles. The van der Waals surface area contributed by atoms with Gasteiger partial charge in [-0.25, -0.2) is 13.4 Å². The highest BCUT2D eigenvalue weighted by atomic mass is 35.5. The van der Waals surface area contributed by atoms with E-state index >= 15 is 0 Å². The molecule has 1 saturated heterocycles. The van der Waals surface area contributed by atoms with Crippen molar-refractivity contribution in [2.75, 3.05) is 32.1 Å². The first kappa shape index (κ1) is 28.8. The van der Waals surface area contributed by atoms with Crippen LogP contribution in [0, 0.1) is 6.92 Å². The topological polar surface area (TPSA) is 103 Å². The quantitative estimate of drug-likeness (QED) is 0.267. The second kappa shape index (κ2) is 12.4. The predicted molar refractivity (Wildman–Crippen MR) is 158 cm³/mol. The first-order valence-corrected chi connectivity index (χ1v) is 15.0. The van der Waals surface area contributed by atoms with E-state index in [1.807, 2.05) is 49.5 Å². The van der Waals surface area contributed by atoms with E-state index in [1.54, 1.807) is 28.8 Å². The molecule has 1 N–H and O–H groups in total. The monoisotopic (exact) mass is 594 g/mol. The number of aromatic nitrogens is 2. The summed E-state index contributed by atoms with van der Waals surface area (Å²) in [6.45, 7) is 2.20. The predicted octanol–water partition coefficient (Wildman–Crippen LogP) is 5.32. The largest absolute Gasteiger partial charge is 0.497 e. The van der Waals surface area contributed by atoms with Crippen LogP contribution in [-0.2, 0) is 19.6 Å². The molecule has 9 nitrogen and oxygen atoms in total. The number of benzene rings is 3. The van der Waals surface area contributed by atoms with E-state index in [0.717, 1.165) is 29.7 Å². The molecule has 1 unspecified atom stereocenters. The first-order chi connectivity index (χ1) is 19.7. The summed E-state index contributed by atoms with van der Waals surface area (Å²) in [5.41, 5.74) is 3.32. The van der Waals surface area contributed by atoms with Crippen LogP contribution in [0.4, 0.5) is 5.95 Å². The van der Waals surface area contributed by atoms with Crippen molar-refractivity contribution in [3.8, 4) is 22.7 Å². The first-order valence-electron chi connectivity index (χ1n) is 13.2. The van der Waals surface area contributed by atoms with E-state index in [1.165, 1.54) is 23.5 Å². The van der Waals surface area contributed by atoms with E-state index in [0.29, 0.717) is 23.1 Å². The van der Waals surface area contributed by atoms with E-state index in [2.05, 4.69) is 10.3 Å². The maximum Gasteiger partial charge on any atom is 0.243 e. The SMILES string of the molecule is COc1ccc(S(=O)(=O)N(CC(=O)Nc2nc(-c3ccc(Cl)cc3)cn2-c2ccc(C)cc2)CC2CCCO2)cc1. The lowest BCUT2D eigenvalue weighted by Crippen LogP contribution is -2.42. The van der Waals surface area contributed by atoms with Crippen LogP contribution in [-0.4, -0.2) is 61.1 Å². The van der Waals surface area contributed by atoms with Crippen LogP contribution in [0.3, 0.4) is 0 Å². The van der Waals surface area contributed by atoms with Crippen molar-refractivity contribution >= 4 is 33.5 Å². The van der Waals surface area contributed by atoms with Crippen LogP contribution in [0.5, 0.6) is 5.75 Å². The van der Waals surface area contributed by atoms with E-state index in [9.17, 15) is 13.2 Å². The summed E-state index contributed by atoms with van der Waals surface area (Å²) in [6.07, 6.45) is 3.09. The highest BCUT2D eigenvalue weighted by molar-refractivity contribution is 7.89.